The minimum absolute atomic E-state index is 0.00781. The normalized spacial score (nSPS) is 10.3. The first-order valence-electron chi connectivity index (χ1n) is 5.32. The molecule has 3 nitrogen and oxygen atoms in total. The summed E-state index contributed by atoms with van der Waals surface area (Å²) in [7, 11) is 3.19. The van der Waals surface area contributed by atoms with Gasteiger partial charge >= 0.3 is 0 Å². The van der Waals surface area contributed by atoms with Gasteiger partial charge in [0.05, 0.1) is 19.8 Å². The molecule has 2 aromatic rings. The maximum atomic E-state index is 11.5. The summed E-state index contributed by atoms with van der Waals surface area (Å²) < 4.78 is 10.4. The Labute approximate surface area is 100.0 Å². The molecule has 0 N–H and O–H groups in total. The number of rotatable bonds is 3. The van der Waals surface area contributed by atoms with Crippen LogP contribution >= 0.6 is 0 Å². The van der Waals surface area contributed by atoms with Gasteiger partial charge in [0.25, 0.3) is 0 Å². The summed E-state index contributed by atoms with van der Waals surface area (Å²) in [5, 5.41) is 1.99. The molecule has 0 radical (unpaired) electrons. The van der Waals surface area contributed by atoms with E-state index >= 15 is 0 Å². The Morgan fingerprint density at radius 2 is 1.76 bits per heavy atom. The highest BCUT2D eigenvalue weighted by molar-refractivity contribution is 6.01. The van der Waals surface area contributed by atoms with E-state index in [1.165, 1.54) is 6.92 Å². The van der Waals surface area contributed by atoms with Crippen molar-refractivity contribution in [2.75, 3.05) is 14.2 Å². The van der Waals surface area contributed by atoms with Crippen molar-refractivity contribution < 1.29 is 14.3 Å². The third-order valence-electron chi connectivity index (χ3n) is 2.75. The second-order valence-corrected chi connectivity index (χ2v) is 3.82. The van der Waals surface area contributed by atoms with Crippen LogP contribution in [0.2, 0.25) is 0 Å². The van der Waals surface area contributed by atoms with Gasteiger partial charge in [0.1, 0.15) is 11.5 Å². The number of methoxy groups -OCH3 is 2. The van der Waals surface area contributed by atoms with Crippen molar-refractivity contribution in [3.05, 3.63) is 35.9 Å². The van der Waals surface area contributed by atoms with Crippen molar-refractivity contribution >= 4 is 16.6 Å². The van der Waals surface area contributed by atoms with Crippen LogP contribution in [-0.2, 0) is 0 Å². The molecular formula is C14H14O3. The molecule has 0 aliphatic carbocycles. The van der Waals surface area contributed by atoms with Crippen LogP contribution < -0.4 is 9.47 Å². The monoisotopic (exact) mass is 230 g/mol. The minimum atomic E-state index is -0.00781. The van der Waals surface area contributed by atoms with Crippen LogP contribution in [0.3, 0.4) is 0 Å². The summed E-state index contributed by atoms with van der Waals surface area (Å²) in [6.45, 7) is 1.53. The molecule has 88 valence electrons. The number of carbonyl (C=O) groups excluding carboxylic acids is 1. The summed E-state index contributed by atoms with van der Waals surface area (Å²) in [5.41, 5.74) is 0.591. The molecule has 2 aromatic carbocycles. The van der Waals surface area contributed by atoms with Gasteiger partial charge in [-0.1, -0.05) is 6.07 Å². The first-order chi connectivity index (χ1) is 8.15. The summed E-state index contributed by atoms with van der Waals surface area (Å²) in [5.74, 6) is 1.37. The quantitative estimate of drug-likeness (QED) is 0.760. The molecule has 0 amide bonds. The molecule has 0 spiro atoms. The maximum Gasteiger partial charge on any atom is 0.163 e. The van der Waals surface area contributed by atoms with Crippen LogP contribution in [0.4, 0.5) is 0 Å². The Morgan fingerprint density at radius 3 is 2.35 bits per heavy atom. The second kappa shape index (κ2) is 4.45. The van der Waals surface area contributed by atoms with E-state index in [1.807, 2.05) is 30.3 Å². The van der Waals surface area contributed by atoms with Gasteiger partial charge in [0, 0.05) is 0 Å². The van der Waals surface area contributed by atoms with E-state index in [-0.39, 0.29) is 5.78 Å². The Kier molecular flexibility index (Phi) is 3.00. The molecule has 0 aliphatic rings. The molecule has 17 heavy (non-hydrogen) atoms. The van der Waals surface area contributed by atoms with Crippen LogP contribution in [0.15, 0.2) is 30.3 Å². The average Bonchev–Trinajstić information content (AvgIpc) is 2.36. The molecule has 0 heterocycles. The van der Waals surface area contributed by atoms with E-state index in [1.54, 1.807) is 14.2 Å². The van der Waals surface area contributed by atoms with Crippen molar-refractivity contribution in [2.45, 2.75) is 6.92 Å². The van der Waals surface area contributed by atoms with Crippen molar-refractivity contribution in [1.29, 1.82) is 0 Å². The van der Waals surface area contributed by atoms with E-state index in [2.05, 4.69) is 0 Å². The molecule has 3 heteroatoms. The number of ketones is 1. The zero-order valence-electron chi connectivity index (χ0n) is 10.1. The Balaban J connectivity index is 2.69. The summed E-state index contributed by atoms with van der Waals surface area (Å²) in [6, 6.07) is 9.43. The number of benzene rings is 2. The van der Waals surface area contributed by atoms with Gasteiger partial charge in [0.2, 0.25) is 0 Å². The lowest BCUT2D eigenvalue weighted by atomic mass is 10.0. The SMILES string of the molecule is COc1ccc2cc(OC)c(C(C)=O)cc2c1. The third kappa shape index (κ3) is 2.09. The fourth-order valence-electron chi connectivity index (χ4n) is 1.83. The average molecular weight is 230 g/mol. The molecule has 0 saturated heterocycles. The maximum absolute atomic E-state index is 11.5. The number of hydrogen-bond donors (Lipinski definition) is 0. The van der Waals surface area contributed by atoms with E-state index in [0.717, 1.165) is 16.5 Å². The number of carbonyl (C=O) groups is 1. The predicted octanol–water partition coefficient (Wildman–Crippen LogP) is 3.06. The minimum Gasteiger partial charge on any atom is -0.497 e. The van der Waals surface area contributed by atoms with Crippen molar-refractivity contribution in [3.63, 3.8) is 0 Å². The highest BCUT2D eigenvalue weighted by Gasteiger charge is 2.09. The molecule has 2 rings (SSSR count). The van der Waals surface area contributed by atoms with Gasteiger partial charge in [-0.2, -0.15) is 0 Å². The topological polar surface area (TPSA) is 35.5 Å². The number of ether oxygens (including phenoxy) is 2. The van der Waals surface area contributed by atoms with Crippen molar-refractivity contribution in [1.82, 2.24) is 0 Å². The van der Waals surface area contributed by atoms with Crippen LogP contribution in [-0.4, -0.2) is 20.0 Å². The van der Waals surface area contributed by atoms with E-state index in [0.29, 0.717) is 11.3 Å². The highest BCUT2D eigenvalue weighted by atomic mass is 16.5. The smallest absolute Gasteiger partial charge is 0.163 e. The van der Waals surface area contributed by atoms with E-state index in [9.17, 15) is 4.79 Å². The second-order valence-electron chi connectivity index (χ2n) is 3.82. The van der Waals surface area contributed by atoms with Crippen LogP contribution in [0, 0.1) is 0 Å². The van der Waals surface area contributed by atoms with Gasteiger partial charge in [-0.3, -0.25) is 4.79 Å². The zero-order valence-corrected chi connectivity index (χ0v) is 10.1. The lowest BCUT2D eigenvalue weighted by molar-refractivity contribution is 0.101. The Morgan fingerprint density at radius 1 is 1.00 bits per heavy atom. The van der Waals surface area contributed by atoms with Crippen LogP contribution in [0.1, 0.15) is 17.3 Å². The van der Waals surface area contributed by atoms with E-state index < -0.39 is 0 Å². The Bertz CT molecular complexity index is 573. The van der Waals surface area contributed by atoms with Crippen molar-refractivity contribution in [2.24, 2.45) is 0 Å². The highest BCUT2D eigenvalue weighted by Crippen LogP contribution is 2.28. The summed E-state index contributed by atoms with van der Waals surface area (Å²) >= 11 is 0. The fraction of sp³-hybridized carbons (Fsp3) is 0.214. The predicted molar refractivity (Wildman–Crippen MR) is 67.1 cm³/mol. The van der Waals surface area contributed by atoms with Gasteiger partial charge in [0.15, 0.2) is 5.78 Å². The number of hydrogen-bond acceptors (Lipinski definition) is 3. The first-order valence-corrected chi connectivity index (χ1v) is 5.32. The third-order valence-corrected chi connectivity index (χ3v) is 2.75. The summed E-state index contributed by atoms with van der Waals surface area (Å²) in [6.07, 6.45) is 0. The molecule has 0 fully saturated rings. The standard InChI is InChI=1S/C14H14O3/c1-9(15)13-7-11-6-12(16-2)5-4-10(11)8-14(13)17-3/h4-8H,1-3H3. The molecule has 0 aromatic heterocycles. The molecule has 0 saturated carbocycles. The molecule has 0 atom stereocenters. The van der Waals surface area contributed by atoms with Gasteiger partial charge < -0.3 is 9.47 Å². The molecule has 0 bridgehead atoms. The van der Waals surface area contributed by atoms with E-state index in [4.69, 9.17) is 9.47 Å². The van der Waals surface area contributed by atoms with Crippen LogP contribution in [0.5, 0.6) is 11.5 Å². The largest absolute Gasteiger partial charge is 0.497 e. The lowest BCUT2D eigenvalue weighted by Crippen LogP contribution is -1.97. The van der Waals surface area contributed by atoms with Gasteiger partial charge in [-0.25, -0.2) is 0 Å². The number of fused-ring (bicyclic) bond motifs is 1. The molecule has 0 unspecified atom stereocenters. The van der Waals surface area contributed by atoms with Crippen LogP contribution in [0.25, 0.3) is 10.8 Å². The Hall–Kier alpha value is -2.03. The lowest BCUT2D eigenvalue weighted by Gasteiger charge is -2.09. The van der Waals surface area contributed by atoms with Crippen molar-refractivity contribution in [3.8, 4) is 11.5 Å². The molecule has 0 aliphatic heterocycles. The summed E-state index contributed by atoms with van der Waals surface area (Å²) in [4.78, 5) is 11.5. The fourth-order valence-corrected chi connectivity index (χ4v) is 1.83. The number of Topliss-reactive ketones (excluding diaryl/α,β-unsaturated/α-hetero) is 1. The van der Waals surface area contributed by atoms with Gasteiger partial charge in [-0.15, -0.1) is 0 Å². The van der Waals surface area contributed by atoms with Gasteiger partial charge in [-0.05, 0) is 42.0 Å². The first kappa shape index (κ1) is 11.5. The molecular weight excluding hydrogens is 216 g/mol. The zero-order chi connectivity index (χ0) is 12.4.